The molecule has 29 heavy (non-hydrogen) atoms. The van der Waals surface area contributed by atoms with E-state index in [1.54, 1.807) is 44.2 Å². The lowest BCUT2D eigenvalue weighted by molar-refractivity contribution is -0.384. The van der Waals surface area contributed by atoms with Crippen LogP contribution in [0.2, 0.25) is 0 Å². The number of aryl methyl sites for hydroxylation is 1. The molecule has 1 N–H and O–H groups in total. The van der Waals surface area contributed by atoms with Crippen molar-refractivity contribution < 1.29 is 19.2 Å². The molecule has 8 nitrogen and oxygen atoms in total. The Morgan fingerprint density at radius 3 is 2.52 bits per heavy atom. The van der Waals surface area contributed by atoms with Crippen molar-refractivity contribution in [3.63, 3.8) is 0 Å². The zero-order chi connectivity index (χ0) is 21.0. The van der Waals surface area contributed by atoms with E-state index in [1.165, 1.54) is 29.7 Å². The monoisotopic (exact) mass is 411 g/mol. The molecule has 1 aromatic carbocycles. The molecule has 0 bridgehead atoms. The van der Waals surface area contributed by atoms with Gasteiger partial charge in [0.1, 0.15) is 16.3 Å². The normalized spacial score (nSPS) is 10.4. The summed E-state index contributed by atoms with van der Waals surface area (Å²) in [7, 11) is 0. The first-order valence-corrected chi connectivity index (χ1v) is 9.51. The van der Waals surface area contributed by atoms with Crippen molar-refractivity contribution in [2.75, 3.05) is 11.9 Å². The third kappa shape index (κ3) is 4.30. The van der Waals surface area contributed by atoms with Gasteiger partial charge < -0.3 is 10.1 Å². The first-order valence-electron chi connectivity index (χ1n) is 8.70. The van der Waals surface area contributed by atoms with Gasteiger partial charge in [-0.25, -0.2) is 4.79 Å². The summed E-state index contributed by atoms with van der Waals surface area (Å²) in [5, 5.41) is 14.0. The van der Waals surface area contributed by atoms with Crippen LogP contribution in [0.3, 0.4) is 0 Å². The van der Waals surface area contributed by atoms with Gasteiger partial charge in [0, 0.05) is 28.8 Å². The number of hydrogen-bond donors (Lipinski definition) is 1. The predicted octanol–water partition coefficient (Wildman–Crippen LogP) is 4.46. The van der Waals surface area contributed by atoms with Crippen LogP contribution in [-0.2, 0) is 4.74 Å². The third-order valence-electron chi connectivity index (χ3n) is 4.06. The van der Waals surface area contributed by atoms with Crippen LogP contribution in [-0.4, -0.2) is 28.4 Å². The lowest BCUT2D eigenvalue weighted by Gasteiger charge is -2.09. The number of nitrogens with zero attached hydrogens (tertiary/aromatic N) is 2. The Kier molecular flexibility index (Phi) is 5.99. The van der Waals surface area contributed by atoms with Crippen molar-refractivity contribution in [1.82, 2.24) is 4.98 Å². The fourth-order valence-corrected chi connectivity index (χ4v) is 3.85. The molecular formula is C20H17N3O5S. The number of amides is 1. The minimum absolute atomic E-state index is 0.0528. The number of esters is 1. The number of aromatic nitrogens is 1. The Morgan fingerprint density at radius 2 is 1.93 bits per heavy atom. The number of thiophene rings is 1. The van der Waals surface area contributed by atoms with Gasteiger partial charge in [-0.3, -0.25) is 19.9 Å². The van der Waals surface area contributed by atoms with E-state index in [-0.39, 0.29) is 23.6 Å². The Morgan fingerprint density at radius 1 is 1.21 bits per heavy atom. The van der Waals surface area contributed by atoms with Crippen LogP contribution in [0.15, 0.2) is 48.7 Å². The molecule has 3 aromatic rings. The average Bonchev–Trinajstić information content (AvgIpc) is 3.04. The topological polar surface area (TPSA) is 111 Å². The Bertz CT molecular complexity index is 1060. The number of ether oxygens (including phenoxy) is 1. The lowest BCUT2D eigenvalue weighted by Crippen LogP contribution is -2.15. The number of nitro benzene ring substituents is 1. The largest absolute Gasteiger partial charge is 0.462 e. The van der Waals surface area contributed by atoms with Crippen LogP contribution in [0.4, 0.5) is 10.7 Å². The summed E-state index contributed by atoms with van der Waals surface area (Å²) in [5.41, 5.74) is 1.56. The summed E-state index contributed by atoms with van der Waals surface area (Å²) in [6.07, 6.45) is 1.50. The second-order valence-corrected chi connectivity index (χ2v) is 7.16. The molecule has 0 aliphatic carbocycles. The van der Waals surface area contributed by atoms with Crippen LogP contribution in [0.5, 0.6) is 0 Å². The second kappa shape index (κ2) is 8.61. The molecule has 0 saturated carbocycles. The molecule has 3 rings (SSSR count). The van der Waals surface area contributed by atoms with Gasteiger partial charge in [0.15, 0.2) is 0 Å². The number of anilines is 1. The summed E-state index contributed by atoms with van der Waals surface area (Å²) in [6, 6.07) is 10.8. The smallest absolute Gasteiger partial charge is 0.341 e. The summed E-state index contributed by atoms with van der Waals surface area (Å²) in [5.74, 6) is -1.03. The molecule has 0 atom stereocenters. The molecule has 1 amide bonds. The van der Waals surface area contributed by atoms with Gasteiger partial charge in [-0.2, -0.15) is 0 Å². The van der Waals surface area contributed by atoms with Crippen LogP contribution >= 0.6 is 11.3 Å². The number of hydrogen-bond acceptors (Lipinski definition) is 7. The van der Waals surface area contributed by atoms with Crippen molar-refractivity contribution in [2.45, 2.75) is 13.8 Å². The Hall–Kier alpha value is -3.59. The molecule has 0 aliphatic heterocycles. The van der Waals surface area contributed by atoms with Crippen LogP contribution in [0.25, 0.3) is 11.1 Å². The molecule has 0 radical (unpaired) electrons. The number of nitrogens with one attached hydrogen (secondary N) is 1. The van der Waals surface area contributed by atoms with Crippen molar-refractivity contribution in [3.05, 3.63) is 74.9 Å². The number of rotatable bonds is 6. The van der Waals surface area contributed by atoms with Crippen molar-refractivity contribution in [2.24, 2.45) is 0 Å². The predicted molar refractivity (Wildman–Crippen MR) is 109 cm³/mol. The SMILES string of the molecule is CCOC(=O)c1c(NC(=O)c2ccccn2)sc(C)c1-c1ccc([N+](=O)[O-])cc1. The minimum atomic E-state index is -0.582. The second-order valence-electron chi connectivity index (χ2n) is 5.93. The van der Waals surface area contributed by atoms with Crippen LogP contribution in [0, 0.1) is 17.0 Å². The van der Waals surface area contributed by atoms with E-state index < -0.39 is 16.8 Å². The van der Waals surface area contributed by atoms with Crippen molar-refractivity contribution in [3.8, 4) is 11.1 Å². The maximum absolute atomic E-state index is 12.7. The maximum Gasteiger partial charge on any atom is 0.341 e. The Labute approximate surface area is 170 Å². The zero-order valence-corrected chi connectivity index (χ0v) is 16.5. The van der Waals surface area contributed by atoms with Gasteiger partial charge in [-0.1, -0.05) is 6.07 Å². The van der Waals surface area contributed by atoms with Gasteiger partial charge in [-0.05, 0) is 43.7 Å². The molecule has 148 valence electrons. The number of carbonyl (C=O) groups is 2. The minimum Gasteiger partial charge on any atom is -0.462 e. The first kappa shape index (κ1) is 20.2. The van der Waals surface area contributed by atoms with Crippen LogP contribution in [0.1, 0.15) is 32.6 Å². The van der Waals surface area contributed by atoms with E-state index in [0.717, 1.165) is 4.88 Å². The van der Waals surface area contributed by atoms with Gasteiger partial charge in [0.25, 0.3) is 11.6 Å². The molecule has 9 heteroatoms. The van der Waals surface area contributed by atoms with Gasteiger partial charge in [0.2, 0.25) is 0 Å². The molecule has 0 unspecified atom stereocenters. The van der Waals surface area contributed by atoms with Crippen LogP contribution < -0.4 is 5.32 Å². The fourth-order valence-electron chi connectivity index (χ4n) is 2.79. The third-order valence-corrected chi connectivity index (χ3v) is 5.08. The van der Waals surface area contributed by atoms with E-state index >= 15 is 0 Å². The average molecular weight is 411 g/mol. The highest BCUT2D eigenvalue weighted by Crippen LogP contribution is 2.41. The summed E-state index contributed by atoms with van der Waals surface area (Å²) in [6.45, 7) is 3.66. The molecule has 0 spiro atoms. The first-order chi connectivity index (χ1) is 13.9. The van der Waals surface area contributed by atoms with Crippen molar-refractivity contribution >= 4 is 33.9 Å². The Balaban J connectivity index is 2.05. The summed E-state index contributed by atoms with van der Waals surface area (Å²) in [4.78, 5) is 40.4. The highest BCUT2D eigenvalue weighted by atomic mass is 32.1. The molecule has 0 saturated heterocycles. The van der Waals surface area contributed by atoms with Gasteiger partial charge in [-0.15, -0.1) is 11.3 Å². The summed E-state index contributed by atoms with van der Waals surface area (Å²) < 4.78 is 5.19. The van der Waals surface area contributed by atoms with E-state index in [9.17, 15) is 19.7 Å². The van der Waals surface area contributed by atoms with E-state index in [1.807, 2.05) is 0 Å². The number of pyridine rings is 1. The lowest BCUT2D eigenvalue weighted by atomic mass is 10.0. The zero-order valence-electron chi connectivity index (χ0n) is 15.7. The molecule has 0 aliphatic rings. The molecule has 0 fully saturated rings. The van der Waals surface area contributed by atoms with Gasteiger partial charge >= 0.3 is 5.97 Å². The quantitative estimate of drug-likeness (QED) is 0.364. The van der Waals surface area contributed by atoms with Crippen molar-refractivity contribution in [1.29, 1.82) is 0 Å². The standard InChI is InChI=1S/C20H17N3O5S/c1-3-28-20(25)17-16(13-7-9-14(10-8-13)23(26)27)12(2)29-19(17)22-18(24)15-6-4-5-11-21-15/h4-11H,3H2,1-2H3,(H,22,24). The number of benzene rings is 1. The highest BCUT2D eigenvalue weighted by molar-refractivity contribution is 7.17. The summed E-state index contributed by atoms with van der Waals surface area (Å²) >= 11 is 1.23. The fraction of sp³-hybridized carbons (Fsp3) is 0.150. The molecule has 2 heterocycles. The maximum atomic E-state index is 12.7. The van der Waals surface area contributed by atoms with E-state index in [2.05, 4.69) is 10.3 Å². The van der Waals surface area contributed by atoms with E-state index in [4.69, 9.17) is 4.74 Å². The number of non-ortho nitro benzene ring substituents is 1. The molecule has 2 aromatic heterocycles. The number of nitro groups is 1. The van der Waals surface area contributed by atoms with Gasteiger partial charge in [0.05, 0.1) is 11.5 Å². The number of carbonyl (C=O) groups excluding carboxylic acids is 2. The molecular weight excluding hydrogens is 394 g/mol. The van der Waals surface area contributed by atoms with E-state index in [0.29, 0.717) is 16.1 Å². The highest BCUT2D eigenvalue weighted by Gasteiger charge is 2.26.